The molecule has 0 aliphatic heterocycles. The molecule has 0 saturated heterocycles. The Hall–Kier alpha value is -2.62. The Bertz CT molecular complexity index is 657. The number of nitrogens with one attached hydrogen (secondary N) is 2. The molecule has 1 aromatic heterocycles. The van der Waals surface area contributed by atoms with E-state index >= 15 is 0 Å². The van der Waals surface area contributed by atoms with E-state index in [1.54, 1.807) is 31.4 Å². The Kier molecular flexibility index (Phi) is 5.31. The number of imide groups is 1. The molecular formula is C12H14N6O3S. The maximum atomic E-state index is 11.6. The number of benzene rings is 1. The van der Waals surface area contributed by atoms with Crippen molar-refractivity contribution in [3.63, 3.8) is 0 Å². The number of hydrogen-bond donors (Lipinski definition) is 2. The highest BCUT2D eigenvalue weighted by Crippen LogP contribution is 2.19. The lowest BCUT2D eigenvalue weighted by molar-refractivity contribution is -0.117. The molecule has 9 nitrogen and oxygen atoms in total. The Labute approximate surface area is 130 Å². The van der Waals surface area contributed by atoms with Gasteiger partial charge in [-0.2, -0.15) is 4.68 Å². The highest BCUT2D eigenvalue weighted by atomic mass is 32.2. The molecule has 1 aromatic carbocycles. The Morgan fingerprint density at radius 3 is 2.68 bits per heavy atom. The zero-order valence-corrected chi connectivity index (χ0v) is 12.8. The standard InChI is InChI=1S/C12H14N6O3S/c1-13-11(20)14-10(19)7-22-12-15-16-17-18(12)8-3-5-9(21-2)6-4-8/h3-6H,7H2,1-2H3,(H2,13,14,19,20). The second kappa shape index (κ2) is 7.41. The number of ether oxygens (including phenoxy) is 1. The topological polar surface area (TPSA) is 111 Å². The number of carbonyl (C=O) groups is 2. The van der Waals surface area contributed by atoms with Crippen LogP contribution < -0.4 is 15.4 Å². The van der Waals surface area contributed by atoms with Gasteiger partial charge in [-0.15, -0.1) is 5.10 Å². The van der Waals surface area contributed by atoms with Crippen LogP contribution in [0.3, 0.4) is 0 Å². The number of methoxy groups -OCH3 is 1. The molecule has 0 aliphatic rings. The molecule has 0 unspecified atom stereocenters. The number of urea groups is 1. The van der Waals surface area contributed by atoms with Crippen molar-refractivity contribution in [1.82, 2.24) is 30.8 Å². The van der Waals surface area contributed by atoms with Gasteiger partial charge in [-0.05, 0) is 34.7 Å². The summed E-state index contributed by atoms with van der Waals surface area (Å²) in [6, 6.07) is 6.60. The molecule has 2 rings (SSSR count). The van der Waals surface area contributed by atoms with E-state index < -0.39 is 11.9 Å². The molecule has 0 atom stereocenters. The maximum Gasteiger partial charge on any atom is 0.321 e. The minimum atomic E-state index is -0.555. The van der Waals surface area contributed by atoms with Gasteiger partial charge in [0.2, 0.25) is 11.1 Å². The predicted molar refractivity (Wildman–Crippen MR) is 79.0 cm³/mol. The van der Waals surface area contributed by atoms with Crippen LogP contribution in [0, 0.1) is 0 Å². The van der Waals surface area contributed by atoms with Gasteiger partial charge in [0.05, 0.1) is 18.6 Å². The maximum absolute atomic E-state index is 11.6. The van der Waals surface area contributed by atoms with Crippen molar-refractivity contribution in [2.45, 2.75) is 5.16 Å². The molecule has 0 bridgehead atoms. The Balaban J connectivity index is 2.03. The minimum absolute atomic E-state index is 0.0178. The van der Waals surface area contributed by atoms with Crippen molar-refractivity contribution >= 4 is 23.7 Å². The first-order valence-electron chi connectivity index (χ1n) is 6.21. The lowest BCUT2D eigenvalue weighted by Gasteiger charge is -2.05. The number of carbonyl (C=O) groups excluding carboxylic acids is 2. The Morgan fingerprint density at radius 2 is 2.05 bits per heavy atom. The molecule has 1 heterocycles. The average Bonchev–Trinajstić information content (AvgIpc) is 3.01. The van der Waals surface area contributed by atoms with Gasteiger partial charge in [-0.3, -0.25) is 10.1 Å². The van der Waals surface area contributed by atoms with Crippen molar-refractivity contribution in [3.05, 3.63) is 24.3 Å². The van der Waals surface area contributed by atoms with Gasteiger partial charge in [-0.1, -0.05) is 11.8 Å². The number of tetrazole rings is 1. The fourth-order valence-corrected chi connectivity index (χ4v) is 2.20. The summed E-state index contributed by atoms with van der Waals surface area (Å²) in [4.78, 5) is 22.6. The van der Waals surface area contributed by atoms with E-state index in [0.29, 0.717) is 5.16 Å². The number of thioether (sulfide) groups is 1. The van der Waals surface area contributed by atoms with Gasteiger partial charge in [0.15, 0.2) is 0 Å². The number of nitrogens with zero attached hydrogens (tertiary/aromatic N) is 4. The van der Waals surface area contributed by atoms with Crippen molar-refractivity contribution < 1.29 is 14.3 Å². The van der Waals surface area contributed by atoms with Gasteiger partial charge < -0.3 is 10.1 Å². The second-order valence-corrected chi connectivity index (χ2v) is 4.93. The van der Waals surface area contributed by atoms with Gasteiger partial charge >= 0.3 is 6.03 Å². The number of amides is 3. The van der Waals surface area contributed by atoms with E-state index in [4.69, 9.17) is 4.74 Å². The largest absolute Gasteiger partial charge is 0.497 e. The summed E-state index contributed by atoms with van der Waals surface area (Å²) in [7, 11) is 3.01. The van der Waals surface area contributed by atoms with Crippen LogP contribution in [0.15, 0.2) is 29.4 Å². The Morgan fingerprint density at radius 1 is 1.32 bits per heavy atom. The molecule has 2 N–H and O–H groups in total. The predicted octanol–water partition coefficient (Wildman–Crippen LogP) is 0.219. The monoisotopic (exact) mass is 322 g/mol. The fraction of sp³-hybridized carbons (Fsp3) is 0.250. The summed E-state index contributed by atoms with van der Waals surface area (Å²) < 4.78 is 6.58. The lowest BCUT2D eigenvalue weighted by Crippen LogP contribution is -2.38. The van der Waals surface area contributed by atoms with E-state index in [0.717, 1.165) is 23.2 Å². The number of aromatic nitrogens is 4. The normalized spacial score (nSPS) is 10.1. The molecule has 0 radical (unpaired) electrons. The van der Waals surface area contributed by atoms with E-state index in [2.05, 4.69) is 26.2 Å². The van der Waals surface area contributed by atoms with Crippen LogP contribution in [0.2, 0.25) is 0 Å². The summed E-state index contributed by atoms with van der Waals surface area (Å²) in [5.74, 6) is 0.300. The van der Waals surface area contributed by atoms with Crippen LogP contribution in [-0.2, 0) is 4.79 Å². The number of rotatable bonds is 5. The summed E-state index contributed by atoms with van der Waals surface area (Å²) in [5, 5.41) is 16.2. The SMILES string of the molecule is CNC(=O)NC(=O)CSc1nnnn1-c1ccc(OC)cc1. The average molecular weight is 322 g/mol. The molecule has 10 heteroatoms. The van der Waals surface area contributed by atoms with Gasteiger partial charge in [0.1, 0.15) is 5.75 Å². The summed E-state index contributed by atoms with van der Waals surface area (Å²) in [6.45, 7) is 0. The first-order valence-corrected chi connectivity index (χ1v) is 7.19. The minimum Gasteiger partial charge on any atom is -0.497 e. The van der Waals surface area contributed by atoms with Crippen molar-refractivity contribution in [3.8, 4) is 11.4 Å². The van der Waals surface area contributed by atoms with Crippen LogP contribution in [0.5, 0.6) is 5.75 Å². The highest BCUT2D eigenvalue weighted by Gasteiger charge is 2.12. The van der Waals surface area contributed by atoms with E-state index in [1.807, 2.05) is 0 Å². The van der Waals surface area contributed by atoms with Crippen LogP contribution >= 0.6 is 11.8 Å². The van der Waals surface area contributed by atoms with Gasteiger partial charge in [-0.25, -0.2) is 4.79 Å². The fourth-order valence-electron chi connectivity index (χ4n) is 1.51. The van der Waals surface area contributed by atoms with Crippen LogP contribution in [0.1, 0.15) is 0 Å². The first-order chi connectivity index (χ1) is 10.6. The van der Waals surface area contributed by atoms with E-state index in [1.165, 1.54) is 11.7 Å². The summed E-state index contributed by atoms with van der Waals surface area (Å²) in [5.41, 5.74) is 0.736. The molecular weight excluding hydrogens is 308 g/mol. The van der Waals surface area contributed by atoms with Crippen LogP contribution in [0.4, 0.5) is 4.79 Å². The first kappa shape index (κ1) is 15.8. The van der Waals surface area contributed by atoms with E-state index in [9.17, 15) is 9.59 Å². The zero-order valence-electron chi connectivity index (χ0n) is 11.9. The summed E-state index contributed by atoms with van der Waals surface area (Å²) in [6.07, 6.45) is 0. The molecule has 116 valence electrons. The quantitative estimate of drug-likeness (QED) is 0.757. The van der Waals surface area contributed by atoms with Crippen molar-refractivity contribution in [1.29, 1.82) is 0 Å². The van der Waals surface area contributed by atoms with Crippen LogP contribution in [0.25, 0.3) is 5.69 Å². The zero-order chi connectivity index (χ0) is 15.9. The van der Waals surface area contributed by atoms with Gasteiger partial charge in [0.25, 0.3) is 0 Å². The highest BCUT2D eigenvalue weighted by molar-refractivity contribution is 7.99. The third-order valence-corrected chi connectivity index (χ3v) is 3.49. The third-order valence-electron chi connectivity index (χ3n) is 2.57. The molecule has 2 aromatic rings. The number of hydrogen-bond acceptors (Lipinski definition) is 7. The van der Waals surface area contributed by atoms with Crippen molar-refractivity contribution in [2.75, 3.05) is 19.9 Å². The van der Waals surface area contributed by atoms with Gasteiger partial charge in [0, 0.05) is 7.05 Å². The lowest BCUT2D eigenvalue weighted by atomic mass is 10.3. The smallest absolute Gasteiger partial charge is 0.321 e. The second-order valence-electron chi connectivity index (χ2n) is 3.99. The third kappa shape index (κ3) is 3.95. The summed E-state index contributed by atoms with van der Waals surface area (Å²) >= 11 is 1.12. The molecule has 3 amide bonds. The molecule has 0 fully saturated rings. The molecule has 0 aliphatic carbocycles. The van der Waals surface area contributed by atoms with Crippen LogP contribution in [-0.4, -0.2) is 52.1 Å². The molecule has 0 spiro atoms. The molecule has 0 saturated carbocycles. The van der Waals surface area contributed by atoms with Crippen molar-refractivity contribution in [2.24, 2.45) is 0 Å². The van der Waals surface area contributed by atoms with E-state index in [-0.39, 0.29) is 5.75 Å². The molecule has 22 heavy (non-hydrogen) atoms.